The molecular formula is C20H25N3OS. The smallest absolute Gasteiger partial charge is 0.167 e. The van der Waals surface area contributed by atoms with Crippen molar-refractivity contribution in [1.29, 1.82) is 0 Å². The van der Waals surface area contributed by atoms with E-state index in [9.17, 15) is 0 Å². The van der Waals surface area contributed by atoms with Gasteiger partial charge in [-0.3, -0.25) is 4.90 Å². The molecule has 1 aliphatic rings. The summed E-state index contributed by atoms with van der Waals surface area (Å²) in [6.07, 6.45) is 0. The molecule has 0 radical (unpaired) electrons. The summed E-state index contributed by atoms with van der Waals surface area (Å²) in [4.78, 5) is 2.39. The second-order valence-corrected chi connectivity index (χ2v) is 6.52. The second kappa shape index (κ2) is 9.51. The van der Waals surface area contributed by atoms with Gasteiger partial charge in [0, 0.05) is 26.2 Å². The molecule has 0 aromatic heterocycles. The minimum Gasteiger partial charge on any atom is -0.379 e. The third-order valence-corrected chi connectivity index (χ3v) is 4.62. The highest BCUT2D eigenvalue weighted by molar-refractivity contribution is 7.80. The van der Waals surface area contributed by atoms with Crippen LogP contribution in [-0.2, 0) is 4.74 Å². The number of rotatable bonds is 6. The quantitative estimate of drug-likeness (QED) is 0.779. The molecule has 0 unspecified atom stereocenters. The summed E-state index contributed by atoms with van der Waals surface area (Å²) in [5, 5.41) is 7.49. The van der Waals surface area contributed by atoms with Gasteiger partial charge in [-0.05, 0) is 23.3 Å². The van der Waals surface area contributed by atoms with Gasteiger partial charge in [-0.25, -0.2) is 0 Å². The van der Waals surface area contributed by atoms with Gasteiger partial charge in [-0.15, -0.1) is 0 Å². The number of hydrogen-bond acceptors (Lipinski definition) is 3. The molecule has 2 N–H and O–H groups in total. The van der Waals surface area contributed by atoms with Crippen LogP contribution < -0.4 is 10.6 Å². The molecule has 1 saturated heterocycles. The van der Waals surface area contributed by atoms with Crippen LogP contribution in [0.15, 0.2) is 60.7 Å². The Hall–Kier alpha value is -1.95. The molecular weight excluding hydrogens is 330 g/mol. The van der Waals surface area contributed by atoms with E-state index in [1.807, 2.05) is 12.1 Å². The summed E-state index contributed by atoms with van der Waals surface area (Å²) in [5.74, 6) is 0. The number of nitrogens with zero attached hydrogens (tertiary/aromatic N) is 1. The standard InChI is InChI=1S/C20H25N3OS/c25-20(21-11-12-23-13-15-24-16-14-23)22-19(17-7-3-1-4-8-17)18-9-5-2-6-10-18/h1-10,19H,11-16H2,(H2,21,22,25). The summed E-state index contributed by atoms with van der Waals surface area (Å²) in [5.41, 5.74) is 2.40. The molecule has 3 rings (SSSR count). The Morgan fingerprint density at radius 1 is 0.960 bits per heavy atom. The van der Waals surface area contributed by atoms with E-state index in [4.69, 9.17) is 17.0 Å². The maximum atomic E-state index is 5.53. The highest BCUT2D eigenvalue weighted by Crippen LogP contribution is 2.21. The Morgan fingerprint density at radius 3 is 2.08 bits per heavy atom. The molecule has 2 aromatic rings. The van der Waals surface area contributed by atoms with Gasteiger partial charge in [0.15, 0.2) is 5.11 Å². The van der Waals surface area contributed by atoms with E-state index in [0.717, 1.165) is 39.4 Å². The molecule has 0 saturated carbocycles. The van der Waals surface area contributed by atoms with Crippen molar-refractivity contribution in [2.75, 3.05) is 39.4 Å². The minimum atomic E-state index is 0.0470. The third-order valence-electron chi connectivity index (χ3n) is 4.36. The molecule has 0 amide bonds. The number of benzene rings is 2. The first kappa shape index (κ1) is 17.9. The Kier molecular flexibility index (Phi) is 6.79. The third kappa shape index (κ3) is 5.53. The largest absolute Gasteiger partial charge is 0.379 e. The van der Waals surface area contributed by atoms with Crippen LogP contribution in [0.3, 0.4) is 0 Å². The summed E-state index contributed by atoms with van der Waals surface area (Å²) in [6.45, 7) is 5.46. The molecule has 0 spiro atoms. The highest BCUT2D eigenvalue weighted by Gasteiger charge is 2.15. The molecule has 0 atom stereocenters. The predicted molar refractivity (Wildman–Crippen MR) is 106 cm³/mol. The molecule has 132 valence electrons. The lowest BCUT2D eigenvalue weighted by atomic mass is 9.99. The topological polar surface area (TPSA) is 36.5 Å². The van der Waals surface area contributed by atoms with Gasteiger partial charge < -0.3 is 15.4 Å². The summed E-state index contributed by atoms with van der Waals surface area (Å²) in [6, 6.07) is 20.8. The van der Waals surface area contributed by atoms with Crippen LogP contribution in [0.2, 0.25) is 0 Å². The number of ether oxygens (including phenoxy) is 1. The molecule has 0 bridgehead atoms. The lowest BCUT2D eigenvalue weighted by Gasteiger charge is -2.27. The van der Waals surface area contributed by atoms with Gasteiger partial charge in [0.05, 0.1) is 19.3 Å². The zero-order valence-corrected chi connectivity index (χ0v) is 15.2. The molecule has 5 heteroatoms. The fourth-order valence-corrected chi connectivity index (χ4v) is 3.20. The zero-order chi connectivity index (χ0) is 17.3. The Balaban J connectivity index is 1.57. The van der Waals surface area contributed by atoms with Gasteiger partial charge in [0.1, 0.15) is 0 Å². The van der Waals surface area contributed by atoms with E-state index in [1.54, 1.807) is 0 Å². The van der Waals surface area contributed by atoms with E-state index in [0.29, 0.717) is 5.11 Å². The fourth-order valence-electron chi connectivity index (χ4n) is 2.98. The summed E-state index contributed by atoms with van der Waals surface area (Å²) >= 11 is 5.53. The maximum Gasteiger partial charge on any atom is 0.167 e. The van der Waals surface area contributed by atoms with Gasteiger partial charge in [-0.1, -0.05) is 60.7 Å². The molecule has 1 aliphatic heterocycles. The van der Waals surface area contributed by atoms with Crippen molar-refractivity contribution < 1.29 is 4.74 Å². The normalized spacial score (nSPS) is 15.1. The second-order valence-electron chi connectivity index (χ2n) is 6.11. The van der Waals surface area contributed by atoms with Crippen molar-refractivity contribution in [2.45, 2.75) is 6.04 Å². The van der Waals surface area contributed by atoms with Gasteiger partial charge in [0.2, 0.25) is 0 Å². The number of nitrogens with one attached hydrogen (secondary N) is 2. The highest BCUT2D eigenvalue weighted by atomic mass is 32.1. The first-order valence-corrected chi connectivity index (χ1v) is 9.18. The first-order valence-electron chi connectivity index (χ1n) is 8.77. The number of hydrogen-bond donors (Lipinski definition) is 2. The Morgan fingerprint density at radius 2 is 1.52 bits per heavy atom. The molecule has 0 aliphatic carbocycles. The van der Waals surface area contributed by atoms with Crippen LogP contribution in [0.5, 0.6) is 0 Å². The zero-order valence-electron chi connectivity index (χ0n) is 14.4. The van der Waals surface area contributed by atoms with E-state index in [2.05, 4.69) is 64.1 Å². The van der Waals surface area contributed by atoms with Crippen molar-refractivity contribution in [3.05, 3.63) is 71.8 Å². The van der Waals surface area contributed by atoms with E-state index >= 15 is 0 Å². The molecule has 1 fully saturated rings. The van der Waals surface area contributed by atoms with Crippen LogP contribution in [0, 0.1) is 0 Å². The number of thiocarbonyl (C=S) groups is 1. The van der Waals surface area contributed by atoms with Crippen molar-refractivity contribution in [3.63, 3.8) is 0 Å². The average Bonchev–Trinajstić information content (AvgIpc) is 2.68. The lowest BCUT2D eigenvalue weighted by molar-refractivity contribution is 0.0389. The van der Waals surface area contributed by atoms with E-state index < -0.39 is 0 Å². The van der Waals surface area contributed by atoms with Crippen molar-refractivity contribution >= 4 is 17.3 Å². The van der Waals surface area contributed by atoms with Crippen LogP contribution in [0.25, 0.3) is 0 Å². The van der Waals surface area contributed by atoms with E-state index in [-0.39, 0.29) is 6.04 Å². The molecule has 1 heterocycles. The van der Waals surface area contributed by atoms with Crippen molar-refractivity contribution in [1.82, 2.24) is 15.5 Å². The van der Waals surface area contributed by atoms with Gasteiger partial charge >= 0.3 is 0 Å². The molecule has 4 nitrogen and oxygen atoms in total. The van der Waals surface area contributed by atoms with Crippen molar-refractivity contribution in [2.24, 2.45) is 0 Å². The SMILES string of the molecule is S=C(NCCN1CCOCC1)NC(c1ccccc1)c1ccccc1. The molecule has 2 aromatic carbocycles. The summed E-state index contributed by atoms with van der Waals surface area (Å²) in [7, 11) is 0. The maximum absolute atomic E-state index is 5.53. The lowest BCUT2D eigenvalue weighted by Crippen LogP contribution is -2.44. The average molecular weight is 356 g/mol. The minimum absolute atomic E-state index is 0.0470. The first-order chi connectivity index (χ1) is 12.3. The van der Waals surface area contributed by atoms with Crippen molar-refractivity contribution in [3.8, 4) is 0 Å². The fraction of sp³-hybridized carbons (Fsp3) is 0.350. The predicted octanol–water partition coefficient (Wildman–Crippen LogP) is 2.57. The summed E-state index contributed by atoms with van der Waals surface area (Å²) < 4.78 is 5.38. The monoisotopic (exact) mass is 355 g/mol. The Bertz CT molecular complexity index is 605. The van der Waals surface area contributed by atoms with Crippen LogP contribution in [0.4, 0.5) is 0 Å². The number of morpholine rings is 1. The van der Waals surface area contributed by atoms with Crippen LogP contribution in [0.1, 0.15) is 17.2 Å². The van der Waals surface area contributed by atoms with Crippen LogP contribution in [-0.4, -0.2) is 49.4 Å². The van der Waals surface area contributed by atoms with Gasteiger partial charge in [0.25, 0.3) is 0 Å². The Labute approximate surface area is 155 Å². The van der Waals surface area contributed by atoms with Gasteiger partial charge in [-0.2, -0.15) is 0 Å². The molecule has 25 heavy (non-hydrogen) atoms. The van der Waals surface area contributed by atoms with E-state index in [1.165, 1.54) is 11.1 Å². The van der Waals surface area contributed by atoms with Crippen LogP contribution >= 0.6 is 12.2 Å².